The Morgan fingerprint density at radius 2 is 2.07 bits per heavy atom. The first-order chi connectivity index (χ1) is 6.55. The van der Waals surface area contributed by atoms with Crippen molar-refractivity contribution in [3.63, 3.8) is 0 Å². The molecule has 0 amide bonds. The predicted octanol–water partition coefficient (Wildman–Crippen LogP) is 1.33. The normalized spacial score (nSPS) is 28.1. The molecule has 1 saturated carbocycles. The van der Waals surface area contributed by atoms with E-state index in [2.05, 4.69) is 0 Å². The van der Waals surface area contributed by atoms with Crippen LogP contribution >= 0.6 is 0 Å². The first kappa shape index (κ1) is 12.0. The van der Waals surface area contributed by atoms with Gasteiger partial charge in [0.1, 0.15) is 9.84 Å². The number of hydrogen-bond donors (Lipinski definition) is 1. The Bertz CT molecular complexity index is 261. The molecule has 1 aliphatic carbocycles. The van der Waals surface area contributed by atoms with E-state index < -0.39 is 9.84 Å². The van der Waals surface area contributed by atoms with Gasteiger partial charge in [-0.15, -0.1) is 0 Å². The van der Waals surface area contributed by atoms with Gasteiger partial charge in [-0.3, -0.25) is 0 Å². The lowest BCUT2D eigenvalue weighted by Crippen LogP contribution is -2.24. The summed E-state index contributed by atoms with van der Waals surface area (Å²) in [6.07, 6.45) is 5.29. The average Bonchev–Trinajstić information content (AvgIpc) is 2.52. The van der Waals surface area contributed by atoms with Crippen LogP contribution in [-0.4, -0.2) is 26.0 Å². The summed E-state index contributed by atoms with van der Waals surface area (Å²) in [5.74, 6) is 1.18. The lowest BCUT2D eigenvalue weighted by atomic mass is 9.99. The topological polar surface area (TPSA) is 60.2 Å². The van der Waals surface area contributed by atoms with Gasteiger partial charge in [0.25, 0.3) is 0 Å². The molecule has 1 aliphatic rings. The van der Waals surface area contributed by atoms with Crippen LogP contribution in [0.25, 0.3) is 0 Å². The molecule has 14 heavy (non-hydrogen) atoms. The molecule has 4 heteroatoms. The molecule has 0 bridgehead atoms. The molecule has 2 N–H and O–H groups in total. The highest BCUT2D eigenvalue weighted by atomic mass is 32.2. The molecule has 1 fully saturated rings. The first-order valence-electron chi connectivity index (χ1n) is 5.51. The minimum atomic E-state index is -2.77. The molecule has 0 radical (unpaired) electrons. The standard InChI is InChI=1S/C10H21NO2S/c1-2-14(12,13)8-4-6-9-5-3-7-10(9)11/h9-10H,2-8,11H2,1H3. The fraction of sp³-hybridized carbons (Fsp3) is 1.00. The van der Waals surface area contributed by atoms with Crippen molar-refractivity contribution in [2.45, 2.75) is 45.1 Å². The van der Waals surface area contributed by atoms with E-state index in [1.54, 1.807) is 6.92 Å². The van der Waals surface area contributed by atoms with Crippen LogP contribution < -0.4 is 5.73 Å². The van der Waals surface area contributed by atoms with Crippen LogP contribution in [0, 0.1) is 5.92 Å². The third-order valence-corrected chi connectivity index (χ3v) is 4.98. The van der Waals surface area contributed by atoms with Gasteiger partial charge in [0.15, 0.2) is 0 Å². The molecular formula is C10H21NO2S. The van der Waals surface area contributed by atoms with Gasteiger partial charge in [0.05, 0.1) is 5.75 Å². The fourth-order valence-corrected chi connectivity index (χ4v) is 3.03. The van der Waals surface area contributed by atoms with E-state index in [0.717, 1.165) is 19.3 Å². The molecule has 2 unspecified atom stereocenters. The summed E-state index contributed by atoms with van der Waals surface area (Å²) in [6, 6.07) is 0.319. The Hall–Kier alpha value is -0.0900. The summed E-state index contributed by atoms with van der Waals surface area (Å²) in [7, 11) is -2.77. The molecule has 2 atom stereocenters. The maximum Gasteiger partial charge on any atom is 0.150 e. The number of rotatable bonds is 5. The smallest absolute Gasteiger partial charge is 0.150 e. The van der Waals surface area contributed by atoms with E-state index in [-0.39, 0.29) is 5.75 Å². The van der Waals surface area contributed by atoms with Crippen molar-refractivity contribution in [2.75, 3.05) is 11.5 Å². The number of hydrogen-bond acceptors (Lipinski definition) is 3. The molecule has 0 aromatic heterocycles. The van der Waals surface area contributed by atoms with Gasteiger partial charge in [-0.25, -0.2) is 8.42 Å². The van der Waals surface area contributed by atoms with E-state index in [4.69, 9.17) is 5.73 Å². The second kappa shape index (κ2) is 5.12. The van der Waals surface area contributed by atoms with Crippen molar-refractivity contribution in [1.82, 2.24) is 0 Å². The second-order valence-corrected chi connectivity index (χ2v) is 6.71. The second-order valence-electron chi connectivity index (χ2n) is 4.23. The third kappa shape index (κ3) is 3.58. The third-order valence-electron chi connectivity index (χ3n) is 3.19. The highest BCUT2D eigenvalue weighted by molar-refractivity contribution is 7.91. The lowest BCUT2D eigenvalue weighted by molar-refractivity contribution is 0.441. The summed E-state index contributed by atoms with van der Waals surface area (Å²) < 4.78 is 22.4. The Labute approximate surface area is 87.0 Å². The minimum Gasteiger partial charge on any atom is -0.327 e. The van der Waals surface area contributed by atoms with Gasteiger partial charge < -0.3 is 5.73 Å². The van der Waals surface area contributed by atoms with Gasteiger partial charge in [0.2, 0.25) is 0 Å². The fourth-order valence-electron chi connectivity index (χ4n) is 2.13. The van der Waals surface area contributed by atoms with E-state index >= 15 is 0 Å². The Balaban J connectivity index is 2.21. The maximum absolute atomic E-state index is 11.2. The SMILES string of the molecule is CCS(=O)(=O)CCCC1CCCC1N. The summed E-state index contributed by atoms with van der Waals surface area (Å²) in [4.78, 5) is 0. The molecule has 0 aromatic rings. The van der Waals surface area contributed by atoms with Crippen LogP contribution in [0.3, 0.4) is 0 Å². The van der Waals surface area contributed by atoms with Gasteiger partial charge in [-0.05, 0) is 31.6 Å². The molecule has 3 nitrogen and oxygen atoms in total. The van der Waals surface area contributed by atoms with Gasteiger partial charge in [-0.2, -0.15) is 0 Å². The van der Waals surface area contributed by atoms with Gasteiger partial charge in [-0.1, -0.05) is 13.3 Å². The van der Waals surface area contributed by atoms with Crippen LogP contribution in [0.2, 0.25) is 0 Å². The van der Waals surface area contributed by atoms with Crippen molar-refractivity contribution in [3.8, 4) is 0 Å². The van der Waals surface area contributed by atoms with Crippen LogP contribution in [0.5, 0.6) is 0 Å². The largest absolute Gasteiger partial charge is 0.327 e. The first-order valence-corrected chi connectivity index (χ1v) is 7.33. The molecule has 0 aliphatic heterocycles. The summed E-state index contributed by atoms with van der Waals surface area (Å²) in [6.45, 7) is 1.70. The van der Waals surface area contributed by atoms with Crippen LogP contribution in [0.15, 0.2) is 0 Å². The summed E-state index contributed by atoms with van der Waals surface area (Å²) in [5, 5.41) is 0. The monoisotopic (exact) mass is 219 g/mol. The Morgan fingerprint density at radius 3 is 2.57 bits per heavy atom. The van der Waals surface area contributed by atoms with Gasteiger partial charge in [0, 0.05) is 11.8 Å². The summed E-state index contributed by atoms with van der Waals surface area (Å²) in [5.41, 5.74) is 5.91. The van der Waals surface area contributed by atoms with E-state index in [0.29, 0.717) is 17.7 Å². The quantitative estimate of drug-likeness (QED) is 0.759. The van der Waals surface area contributed by atoms with E-state index in [9.17, 15) is 8.42 Å². The Kier molecular flexibility index (Phi) is 4.38. The highest BCUT2D eigenvalue weighted by Crippen LogP contribution is 2.27. The molecule has 0 saturated heterocycles. The minimum absolute atomic E-state index is 0.268. The maximum atomic E-state index is 11.2. The molecule has 0 spiro atoms. The lowest BCUT2D eigenvalue weighted by Gasteiger charge is -2.14. The van der Waals surface area contributed by atoms with Crippen molar-refractivity contribution in [2.24, 2.45) is 11.7 Å². The summed E-state index contributed by atoms with van der Waals surface area (Å²) >= 11 is 0. The zero-order valence-electron chi connectivity index (χ0n) is 8.91. The zero-order chi connectivity index (χ0) is 10.6. The molecular weight excluding hydrogens is 198 g/mol. The van der Waals surface area contributed by atoms with Crippen molar-refractivity contribution >= 4 is 9.84 Å². The number of nitrogens with two attached hydrogens (primary N) is 1. The number of sulfone groups is 1. The predicted molar refractivity (Wildman–Crippen MR) is 58.9 cm³/mol. The van der Waals surface area contributed by atoms with Crippen LogP contribution in [0.1, 0.15) is 39.0 Å². The van der Waals surface area contributed by atoms with Crippen molar-refractivity contribution < 1.29 is 8.42 Å². The Morgan fingerprint density at radius 1 is 1.36 bits per heavy atom. The molecule has 0 aromatic carbocycles. The van der Waals surface area contributed by atoms with E-state index in [1.165, 1.54) is 12.8 Å². The zero-order valence-corrected chi connectivity index (χ0v) is 9.72. The molecule has 0 heterocycles. The van der Waals surface area contributed by atoms with Crippen molar-refractivity contribution in [3.05, 3.63) is 0 Å². The van der Waals surface area contributed by atoms with Crippen LogP contribution in [0.4, 0.5) is 0 Å². The highest BCUT2D eigenvalue weighted by Gasteiger charge is 2.23. The van der Waals surface area contributed by atoms with Crippen LogP contribution in [-0.2, 0) is 9.84 Å². The molecule has 84 valence electrons. The molecule has 1 rings (SSSR count). The average molecular weight is 219 g/mol. The van der Waals surface area contributed by atoms with Gasteiger partial charge >= 0.3 is 0 Å². The van der Waals surface area contributed by atoms with E-state index in [1.807, 2.05) is 0 Å². The van der Waals surface area contributed by atoms with Crippen molar-refractivity contribution in [1.29, 1.82) is 0 Å².